The molecule has 2 rings (SSSR count). The zero-order valence-electron chi connectivity index (χ0n) is 13.5. The zero-order valence-corrected chi connectivity index (χ0v) is 13.5. The summed E-state index contributed by atoms with van der Waals surface area (Å²) in [5, 5.41) is 0. The quantitative estimate of drug-likeness (QED) is 0.565. The Labute approximate surface area is 131 Å². The Balaban J connectivity index is 1.91. The Morgan fingerprint density at radius 3 is 2.27 bits per heavy atom. The van der Waals surface area contributed by atoms with E-state index in [9.17, 15) is 14.4 Å². The number of rotatable bonds is 2. The third-order valence-corrected chi connectivity index (χ3v) is 4.58. The first-order chi connectivity index (χ1) is 10.5. The summed E-state index contributed by atoms with van der Waals surface area (Å²) in [7, 11) is 0. The highest BCUT2D eigenvalue weighted by Gasteiger charge is 2.34. The smallest absolute Gasteiger partial charge is 0.312 e. The van der Waals surface area contributed by atoms with Crippen molar-refractivity contribution >= 4 is 17.8 Å². The van der Waals surface area contributed by atoms with E-state index in [1.165, 1.54) is 4.90 Å². The molecule has 0 saturated carbocycles. The molecule has 2 aliphatic rings. The topological polar surface area (TPSA) is 66.9 Å². The predicted molar refractivity (Wildman–Crippen MR) is 80.9 cm³/mol. The number of esters is 1. The van der Waals surface area contributed by atoms with Gasteiger partial charge < -0.3 is 14.5 Å². The summed E-state index contributed by atoms with van der Waals surface area (Å²) < 4.78 is 5.03. The fraction of sp³-hybridized carbons (Fsp3) is 0.812. The summed E-state index contributed by atoms with van der Waals surface area (Å²) in [6.07, 6.45) is 3.35. The lowest BCUT2D eigenvalue weighted by Crippen LogP contribution is -2.51. The number of hydrogen-bond acceptors (Lipinski definition) is 4. The molecule has 1 unspecified atom stereocenters. The van der Waals surface area contributed by atoms with E-state index in [1.807, 2.05) is 0 Å². The number of piperidine rings is 2. The number of carbonyl (C=O) groups excluding carboxylic acids is 3. The van der Waals surface area contributed by atoms with E-state index in [0.29, 0.717) is 38.7 Å². The first-order valence-corrected chi connectivity index (χ1v) is 8.27. The minimum atomic E-state index is -0.469. The molecule has 22 heavy (non-hydrogen) atoms. The van der Waals surface area contributed by atoms with Gasteiger partial charge in [-0.1, -0.05) is 6.92 Å². The Bertz CT molecular complexity index is 430. The van der Waals surface area contributed by atoms with Crippen LogP contribution in [-0.2, 0) is 19.1 Å². The molecule has 0 aliphatic carbocycles. The average molecular weight is 310 g/mol. The van der Waals surface area contributed by atoms with Crippen molar-refractivity contribution in [2.45, 2.75) is 39.5 Å². The average Bonchev–Trinajstić information content (AvgIpc) is 2.54. The molecule has 6 heteroatoms. The van der Waals surface area contributed by atoms with Crippen molar-refractivity contribution in [1.29, 1.82) is 0 Å². The van der Waals surface area contributed by atoms with Gasteiger partial charge in [-0.15, -0.1) is 0 Å². The molecule has 0 aromatic heterocycles. The molecule has 2 fully saturated rings. The number of carbonyl (C=O) groups is 3. The second kappa shape index (κ2) is 7.61. The van der Waals surface area contributed by atoms with E-state index >= 15 is 0 Å². The Morgan fingerprint density at radius 1 is 1.00 bits per heavy atom. The maximum atomic E-state index is 12.4. The molecule has 2 amide bonds. The van der Waals surface area contributed by atoms with Gasteiger partial charge >= 0.3 is 17.8 Å². The van der Waals surface area contributed by atoms with Crippen LogP contribution >= 0.6 is 0 Å². The SMILES string of the molecule is CCOC(=O)C1CCCN(C(=O)C(=O)N2CCC(C)CC2)C1. The van der Waals surface area contributed by atoms with Gasteiger partial charge in [-0.3, -0.25) is 14.4 Å². The van der Waals surface area contributed by atoms with Gasteiger partial charge in [0, 0.05) is 26.2 Å². The molecule has 0 aromatic carbocycles. The molecule has 0 N–H and O–H groups in total. The summed E-state index contributed by atoms with van der Waals surface area (Å²) in [5.74, 6) is -0.839. The molecular weight excluding hydrogens is 284 g/mol. The van der Waals surface area contributed by atoms with Gasteiger partial charge in [-0.05, 0) is 38.5 Å². The van der Waals surface area contributed by atoms with Crippen molar-refractivity contribution in [2.24, 2.45) is 11.8 Å². The molecule has 124 valence electrons. The molecule has 0 aromatic rings. The van der Waals surface area contributed by atoms with Gasteiger partial charge in [0.05, 0.1) is 12.5 Å². The van der Waals surface area contributed by atoms with Gasteiger partial charge in [0.2, 0.25) is 0 Å². The molecular formula is C16H26N2O4. The summed E-state index contributed by atoms with van der Waals surface area (Å²) in [4.78, 5) is 39.7. The van der Waals surface area contributed by atoms with Crippen LogP contribution in [0, 0.1) is 11.8 Å². The fourth-order valence-electron chi connectivity index (χ4n) is 3.10. The lowest BCUT2D eigenvalue weighted by molar-refractivity contribution is -0.157. The summed E-state index contributed by atoms with van der Waals surface area (Å²) in [5.41, 5.74) is 0. The maximum Gasteiger partial charge on any atom is 0.312 e. The van der Waals surface area contributed by atoms with Crippen LogP contribution in [0.25, 0.3) is 0 Å². The minimum absolute atomic E-state index is 0.265. The second-order valence-corrected chi connectivity index (χ2v) is 6.32. The molecule has 2 aliphatic heterocycles. The predicted octanol–water partition coefficient (Wildman–Crippen LogP) is 1.05. The first-order valence-electron chi connectivity index (χ1n) is 8.27. The number of likely N-dealkylation sites (tertiary alicyclic amines) is 2. The van der Waals surface area contributed by atoms with Crippen LogP contribution in [0.2, 0.25) is 0 Å². The number of hydrogen-bond donors (Lipinski definition) is 0. The van der Waals surface area contributed by atoms with E-state index < -0.39 is 11.8 Å². The van der Waals surface area contributed by atoms with Crippen LogP contribution in [0.3, 0.4) is 0 Å². The van der Waals surface area contributed by atoms with E-state index in [2.05, 4.69) is 6.92 Å². The number of nitrogens with zero attached hydrogens (tertiary/aromatic N) is 2. The number of amides is 2. The van der Waals surface area contributed by atoms with Gasteiger partial charge in [0.1, 0.15) is 0 Å². The molecule has 1 atom stereocenters. The Kier molecular flexibility index (Phi) is 5.80. The molecule has 0 radical (unpaired) electrons. The van der Waals surface area contributed by atoms with E-state index in [-0.39, 0.29) is 11.9 Å². The zero-order chi connectivity index (χ0) is 16.1. The molecule has 0 bridgehead atoms. The molecule has 6 nitrogen and oxygen atoms in total. The molecule has 2 heterocycles. The van der Waals surface area contributed by atoms with Crippen molar-refractivity contribution in [3.63, 3.8) is 0 Å². The highest BCUT2D eigenvalue weighted by atomic mass is 16.5. The third kappa shape index (κ3) is 3.99. The lowest BCUT2D eigenvalue weighted by Gasteiger charge is -2.34. The fourth-order valence-corrected chi connectivity index (χ4v) is 3.10. The van der Waals surface area contributed by atoms with Crippen LogP contribution in [0.4, 0.5) is 0 Å². The first kappa shape index (κ1) is 16.8. The van der Waals surface area contributed by atoms with Crippen molar-refractivity contribution in [3.8, 4) is 0 Å². The van der Waals surface area contributed by atoms with Crippen LogP contribution in [0.5, 0.6) is 0 Å². The minimum Gasteiger partial charge on any atom is -0.466 e. The largest absolute Gasteiger partial charge is 0.466 e. The van der Waals surface area contributed by atoms with E-state index in [0.717, 1.165) is 25.7 Å². The second-order valence-electron chi connectivity index (χ2n) is 6.32. The van der Waals surface area contributed by atoms with Gasteiger partial charge in [-0.2, -0.15) is 0 Å². The van der Waals surface area contributed by atoms with Crippen molar-refractivity contribution in [3.05, 3.63) is 0 Å². The summed E-state index contributed by atoms with van der Waals surface area (Å²) in [6, 6.07) is 0. The summed E-state index contributed by atoms with van der Waals surface area (Å²) >= 11 is 0. The van der Waals surface area contributed by atoms with Gasteiger partial charge in [-0.25, -0.2) is 0 Å². The van der Waals surface area contributed by atoms with Gasteiger partial charge in [0.15, 0.2) is 0 Å². The van der Waals surface area contributed by atoms with E-state index in [1.54, 1.807) is 11.8 Å². The van der Waals surface area contributed by atoms with Crippen LogP contribution in [0.15, 0.2) is 0 Å². The van der Waals surface area contributed by atoms with Crippen LogP contribution in [-0.4, -0.2) is 60.4 Å². The van der Waals surface area contributed by atoms with Crippen molar-refractivity contribution in [2.75, 3.05) is 32.8 Å². The van der Waals surface area contributed by atoms with Gasteiger partial charge in [0.25, 0.3) is 0 Å². The maximum absolute atomic E-state index is 12.4. The standard InChI is InChI=1S/C16H26N2O4/c1-3-22-16(21)13-5-4-8-18(11-13)15(20)14(19)17-9-6-12(2)7-10-17/h12-13H,3-11H2,1-2H3. The number of ether oxygens (including phenoxy) is 1. The Morgan fingerprint density at radius 2 is 1.64 bits per heavy atom. The Hall–Kier alpha value is -1.59. The normalized spacial score (nSPS) is 23.3. The lowest BCUT2D eigenvalue weighted by atomic mass is 9.97. The molecule has 2 saturated heterocycles. The van der Waals surface area contributed by atoms with Crippen molar-refractivity contribution in [1.82, 2.24) is 9.80 Å². The third-order valence-electron chi connectivity index (χ3n) is 4.58. The molecule has 0 spiro atoms. The van der Waals surface area contributed by atoms with Crippen molar-refractivity contribution < 1.29 is 19.1 Å². The highest BCUT2D eigenvalue weighted by Crippen LogP contribution is 2.20. The highest BCUT2D eigenvalue weighted by molar-refractivity contribution is 6.35. The summed E-state index contributed by atoms with van der Waals surface area (Å²) in [6.45, 7) is 6.43. The monoisotopic (exact) mass is 310 g/mol. The van der Waals surface area contributed by atoms with Crippen LogP contribution in [0.1, 0.15) is 39.5 Å². The van der Waals surface area contributed by atoms with Crippen LogP contribution < -0.4 is 0 Å². The van der Waals surface area contributed by atoms with E-state index in [4.69, 9.17) is 4.74 Å².